The summed E-state index contributed by atoms with van der Waals surface area (Å²) < 4.78 is 0. The Morgan fingerprint density at radius 2 is 2.06 bits per heavy atom. The van der Waals surface area contributed by atoms with Crippen molar-refractivity contribution in [2.75, 3.05) is 13.1 Å². The number of fused-ring (bicyclic) bond motifs is 2. The van der Waals surface area contributed by atoms with Gasteiger partial charge in [0.2, 0.25) is 5.91 Å². The van der Waals surface area contributed by atoms with Crippen molar-refractivity contribution in [3.8, 4) is 12.3 Å². The second kappa shape index (κ2) is 6.10. The number of amides is 1. The summed E-state index contributed by atoms with van der Waals surface area (Å²) in [5, 5.41) is 0. The molecule has 1 saturated heterocycles. The van der Waals surface area contributed by atoms with E-state index < -0.39 is 0 Å². The fourth-order valence-corrected chi connectivity index (χ4v) is 3.24. The van der Waals surface area contributed by atoms with Gasteiger partial charge in [-0.05, 0) is 43.9 Å². The smallest absolute Gasteiger partial charge is 0.222 e. The minimum atomic E-state index is 0.356. The van der Waals surface area contributed by atoms with Gasteiger partial charge in [-0.3, -0.25) is 4.79 Å². The Bertz CT molecular complexity index is 305. The third-order valence-corrected chi connectivity index (χ3v) is 4.25. The van der Waals surface area contributed by atoms with Crippen LogP contribution in [0.4, 0.5) is 0 Å². The monoisotopic (exact) mass is 233 g/mol. The van der Waals surface area contributed by atoms with E-state index in [2.05, 4.69) is 10.8 Å². The molecule has 0 spiro atoms. The van der Waals surface area contributed by atoms with E-state index in [4.69, 9.17) is 6.42 Å². The van der Waals surface area contributed by atoms with Crippen LogP contribution in [-0.4, -0.2) is 23.9 Å². The molecule has 2 unspecified atom stereocenters. The highest BCUT2D eigenvalue weighted by Crippen LogP contribution is 2.36. The van der Waals surface area contributed by atoms with Gasteiger partial charge in [-0.1, -0.05) is 6.42 Å². The lowest BCUT2D eigenvalue weighted by atomic mass is 10.0. The molecule has 1 amide bonds. The predicted molar refractivity (Wildman–Crippen MR) is 69.3 cm³/mol. The summed E-state index contributed by atoms with van der Waals surface area (Å²) in [5.74, 6) is 4.68. The SMILES string of the molecule is C#CCCCCC(=O)N1CCC2CCC(C2)C1. The van der Waals surface area contributed by atoms with Crippen LogP contribution in [0.5, 0.6) is 0 Å². The highest BCUT2D eigenvalue weighted by molar-refractivity contribution is 5.76. The molecule has 2 nitrogen and oxygen atoms in total. The van der Waals surface area contributed by atoms with E-state index in [1.54, 1.807) is 0 Å². The van der Waals surface area contributed by atoms with E-state index in [-0.39, 0.29) is 0 Å². The maximum absolute atomic E-state index is 12.1. The van der Waals surface area contributed by atoms with Gasteiger partial charge in [0.05, 0.1) is 0 Å². The highest BCUT2D eigenvalue weighted by atomic mass is 16.2. The number of hydrogen-bond acceptors (Lipinski definition) is 1. The summed E-state index contributed by atoms with van der Waals surface area (Å²) in [6, 6.07) is 0. The van der Waals surface area contributed by atoms with Crippen molar-refractivity contribution in [1.82, 2.24) is 4.90 Å². The first kappa shape index (κ1) is 12.5. The summed E-state index contributed by atoms with van der Waals surface area (Å²) in [7, 11) is 0. The highest BCUT2D eigenvalue weighted by Gasteiger charge is 2.31. The molecule has 1 saturated carbocycles. The molecule has 0 N–H and O–H groups in total. The Hall–Kier alpha value is -0.970. The zero-order chi connectivity index (χ0) is 12.1. The van der Waals surface area contributed by atoms with Gasteiger partial charge < -0.3 is 4.90 Å². The van der Waals surface area contributed by atoms with Crippen LogP contribution in [0.2, 0.25) is 0 Å². The number of terminal acetylenes is 1. The predicted octanol–water partition coefficient (Wildman–Crippen LogP) is 2.83. The molecule has 1 aliphatic heterocycles. The molecule has 2 heteroatoms. The molecule has 2 atom stereocenters. The van der Waals surface area contributed by atoms with Gasteiger partial charge in [-0.15, -0.1) is 12.3 Å². The largest absolute Gasteiger partial charge is 0.342 e. The van der Waals surface area contributed by atoms with Gasteiger partial charge in [-0.25, -0.2) is 0 Å². The zero-order valence-corrected chi connectivity index (χ0v) is 10.7. The Labute approximate surface area is 105 Å². The number of rotatable bonds is 4. The molecule has 17 heavy (non-hydrogen) atoms. The fraction of sp³-hybridized carbons (Fsp3) is 0.800. The minimum absolute atomic E-state index is 0.356. The number of nitrogens with zero attached hydrogens (tertiary/aromatic N) is 1. The van der Waals surface area contributed by atoms with Crippen molar-refractivity contribution in [3.05, 3.63) is 0 Å². The molecular weight excluding hydrogens is 210 g/mol. The average Bonchev–Trinajstić information content (AvgIpc) is 2.64. The summed E-state index contributed by atoms with van der Waals surface area (Å²) in [4.78, 5) is 14.2. The van der Waals surface area contributed by atoms with Crippen molar-refractivity contribution in [3.63, 3.8) is 0 Å². The van der Waals surface area contributed by atoms with Crippen molar-refractivity contribution in [2.45, 2.75) is 51.4 Å². The van der Waals surface area contributed by atoms with Crippen molar-refractivity contribution in [1.29, 1.82) is 0 Å². The molecule has 0 aromatic heterocycles. The van der Waals surface area contributed by atoms with E-state index in [0.717, 1.165) is 44.2 Å². The van der Waals surface area contributed by atoms with E-state index in [0.29, 0.717) is 12.3 Å². The third-order valence-electron chi connectivity index (χ3n) is 4.25. The maximum atomic E-state index is 12.1. The number of carbonyl (C=O) groups is 1. The molecule has 2 aliphatic rings. The summed E-state index contributed by atoms with van der Waals surface area (Å²) >= 11 is 0. The van der Waals surface area contributed by atoms with Gasteiger partial charge in [0.25, 0.3) is 0 Å². The maximum Gasteiger partial charge on any atom is 0.222 e. The second-order valence-electron chi connectivity index (χ2n) is 5.58. The van der Waals surface area contributed by atoms with E-state index in [1.165, 1.54) is 25.7 Å². The van der Waals surface area contributed by atoms with Crippen LogP contribution in [0.3, 0.4) is 0 Å². The quantitative estimate of drug-likeness (QED) is 0.540. The number of unbranched alkanes of at least 4 members (excludes halogenated alkanes) is 2. The molecule has 2 rings (SSSR count). The van der Waals surface area contributed by atoms with E-state index in [9.17, 15) is 4.79 Å². The van der Waals surface area contributed by atoms with Crippen LogP contribution in [0.25, 0.3) is 0 Å². The van der Waals surface area contributed by atoms with Crippen LogP contribution in [0.15, 0.2) is 0 Å². The van der Waals surface area contributed by atoms with Gasteiger partial charge in [0.15, 0.2) is 0 Å². The third kappa shape index (κ3) is 3.49. The van der Waals surface area contributed by atoms with Gasteiger partial charge in [0, 0.05) is 25.9 Å². The van der Waals surface area contributed by atoms with Crippen LogP contribution < -0.4 is 0 Å². The van der Waals surface area contributed by atoms with Crippen LogP contribution in [-0.2, 0) is 4.79 Å². The normalized spacial score (nSPS) is 27.6. The zero-order valence-electron chi connectivity index (χ0n) is 10.7. The van der Waals surface area contributed by atoms with E-state index >= 15 is 0 Å². The molecule has 0 aromatic rings. The number of carbonyl (C=O) groups excluding carboxylic acids is 1. The topological polar surface area (TPSA) is 20.3 Å². The van der Waals surface area contributed by atoms with Crippen LogP contribution in [0.1, 0.15) is 51.4 Å². The van der Waals surface area contributed by atoms with E-state index in [1.807, 2.05) is 0 Å². The molecular formula is C15H23NO. The number of hydrogen-bond donors (Lipinski definition) is 0. The minimum Gasteiger partial charge on any atom is -0.342 e. The molecule has 0 aromatic carbocycles. The Morgan fingerprint density at radius 3 is 2.88 bits per heavy atom. The Morgan fingerprint density at radius 1 is 1.24 bits per heavy atom. The lowest BCUT2D eigenvalue weighted by Crippen LogP contribution is -2.34. The lowest BCUT2D eigenvalue weighted by molar-refractivity contribution is -0.131. The molecule has 2 fully saturated rings. The first-order valence-electron chi connectivity index (χ1n) is 7.01. The van der Waals surface area contributed by atoms with Gasteiger partial charge in [0.1, 0.15) is 0 Å². The molecule has 94 valence electrons. The molecule has 1 aliphatic carbocycles. The summed E-state index contributed by atoms with van der Waals surface area (Å²) in [6.45, 7) is 2.01. The van der Waals surface area contributed by atoms with Crippen molar-refractivity contribution < 1.29 is 4.79 Å². The molecule has 1 heterocycles. The first-order valence-corrected chi connectivity index (χ1v) is 7.01. The van der Waals surface area contributed by atoms with Gasteiger partial charge >= 0.3 is 0 Å². The standard InChI is InChI=1S/C15H23NO/c1-2-3-4-5-6-15(17)16-10-9-13-7-8-14(11-13)12-16/h1,13-14H,3-12H2. The van der Waals surface area contributed by atoms with Crippen molar-refractivity contribution in [2.24, 2.45) is 11.8 Å². The Balaban J connectivity index is 1.73. The molecule has 2 bridgehead atoms. The fourth-order valence-electron chi connectivity index (χ4n) is 3.24. The van der Waals surface area contributed by atoms with Crippen LogP contribution >= 0.6 is 0 Å². The van der Waals surface area contributed by atoms with Crippen molar-refractivity contribution >= 4 is 5.91 Å². The average molecular weight is 233 g/mol. The number of likely N-dealkylation sites (tertiary alicyclic amines) is 1. The molecule has 0 radical (unpaired) electrons. The second-order valence-corrected chi connectivity index (χ2v) is 5.58. The Kier molecular flexibility index (Phi) is 4.48. The lowest BCUT2D eigenvalue weighted by Gasteiger charge is -2.25. The summed E-state index contributed by atoms with van der Waals surface area (Å²) in [5.41, 5.74) is 0. The first-order chi connectivity index (χ1) is 8.29. The summed E-state index contributed by atoms with van der Waals surface area (Å²) in [6.07, 6.45) is 14.0. The van der Waals surface area contributed by atoms with Gasteiger partial charge in [-0.2, -0.15) is 0 Å². The van der Waals surface area contributed by atoms with Crippen LogP contribution in [0, 0.1) is 24.2 Å².